The van der Waals surface area contributed by atoms with Crippen LogP contribution in [0.4, 0.5) is 0 Å². The maximum Gasteiger partial charge on any atom is 0.151 e. The van der Waals surface area contributed by atoms with Crippen molar-refractivity contribution in [2.24, 2.45) is 5.41 Å². The Bertz CT molecular complexity index is 641. The number of aryl methyl sites for hydroxylation is 1. The molecule has 2 aliphatic heterocycles. The van der Waals surface area contributed by atoms with E-state index in [1.165, 1.54) is 44.6 Å². The molecular formula is C18H23N3O. The quantitative estimate of drug-likeness (QED) is 0.946. The van der Waals surface area contributed by atoms with E-state index in [1.807, 2.05) is 0 Å². The molecule has 1 N–H and O–H groups in total. The Morgan fingerprint density at radius 3 is 2.91 bits per heavy atom. The number of aromatic nitrogens is 1. The molecule has 2 fully saturated rings. The van der Waals surface area contributed by atoms with Crippen molar-refractivity contribution in [1.29, 1.82) is 0 Å². The summed E-state index contributed by atoms with van der Waals surface area (Å²) in [5.41, 5.74) is 3.84. The van der Waals surface area contributed by atoms with Crippen LogP contribution in [0.25, 0.3) is 11.3 Å². The molecule has 3 heterocycles. The zero-order chi connectivity index (χ0) is 15.0. The maximum atomic E-state index is 5.56. The minimum Gasteiger partial charge on any atom is -0.359 e. The van der Waals surface area contributed by atoms with E-state index in [-0.39, 0.29) is 0 Å². The van der Waals surface area contributed by atoms with Gasteiger partial charge in [-0.2, -0.15) is 0 Å². The van der Waals surface area contributed by atoms with Crippen molar-refractivity contribution < 1.29 is 4.52 Å². The van der Waals surface area contributed by atoms with Crippen LogP contribution in [0.15, 0.2) is 34.9 Å². The average molecular weight is 297 g/mol. The SMILES string of the molecule is Cc1ccc(-c2cc(CN3CCC4(CCNC4)C3)on2)cc1. The molecule has 1 spiro atoms. The molecule has 4 nitrogen and oxygen atoms in total. The summed E-state index contributed by atoms with van der Waals surface area (Å²) in [5, 5.41) is 7.74. The Labute approximate surface area is 131 Å². The summed E-state index contributed by atoms with van der Waals surface area (Å²) in [5.74, 6) is 0.971. The van der Waals surface area contributed by atoms with Crippen LogP contribution in [0.2, 0.25) is 0 Å². The third kappa shape index (κ3) is 2.69. The van der Waals surface area contributed by atoms with Gasteiger partial charge in [-0.3, -0.25) is 4.90 Å². The minimum atomic E-state index is 0.514. The normalized spacial score (nSPS) is 25.3. The first kappa shape index (κ1) is 14.0. The van der Waals surface area contributed by atoms with Crippen molar-refractivity contribution in [3.8, 4) is 11.3 Å². The second kappa shape index (κ2) is 5.52. The fraction of sp³-hybridized carbons (Fsp3) is 0.500. The summed E-state index contributed by atoms with van der Waals surface area (Å²) >= 11 is 0. The highest BCUT2D eigenvalue weighted by Crippen LogP contribution is 2.36. The van der Waals surface area contributed by atoms with Crippen LogP contribution in [0, 0.1) is 12.3 Å². The summed E-state index contributed by atoms with van der Waals surface area (Å²) in [7, 11) is 0. The van der Waals surface area contributed by atoms with Crippen LogP contribution in [-0.4, -0.2) is 36.2 Å². The van der Waals surface area contributed by atoms with Gasteiger partial charge in [0.15, 0.2) is 5.76 Å². The monoisotopic (exact) mass is 297 g/mol. The van der Waals surface area contributed by atoms with E-state index in [1.54, 1.807) is 0 Å². The van der Waals surface area contributed by atoms with Crippen molar-refractivity contribution >= 4 is 0 Å². The van der Waals surface area contributed by atoms with Crippen LogP contribution < -0.4 is 5.32 Å². The molecule has 0 amide bonds. The van der Waals surface area contributed by atoms with E-state index < -0.39 is 0 Å². The van der Waals surface area contributed by atoms with Gasteiger partial charge in [0, 0.05) is 24.7 Å². The standard InChI is InChI=1S/C18H23N3O/c1-14-2-4-15(5-3-14)17-10-16(22-20-17)11-21-9-7-18(13-21)6-8-19-12-18/h2-5,10,19H,6-9,11-13H2,1H3. The molecule has 1 aromatic carbocycles. The molecule has 1 atom stereocenters. The first-order chi connectivity index (χ1) is 10.7. The van der Waals surface area contributed by atoms with Gasteiger partial charge < -0.3 is 9.84 Å². The molecule has 2 aliphatic rings. The molecular weight excluding hydrogens is 274 g/mol. The maximum absolute atomic E-state index is 5.56. The lowest BCUT2D eigenvalue weighted by atomic mass is 9.87. The van der Waals surface area contributed by atoms with E-state index in [2.05, 4.69) is 52.6 Å². The highest BCUT2D eigenvalue weighted by molar-refractivity contribution is 5.59. The molecule has 2 saturated heterocycles. The second-order valence-electron chi connectivity index (χ2n) is 6.93. The topological polar surface area (TPSA) is 41.3 Å². The Balaban J connectivity index is 1.43. The molecule has 22 heavy (non-hydrogen) atoms. The van der Waals surface area contributed by atoms with Gasteiger partial charge in [0.2, 0.25) is 0 Å². The number of nitrogens with one attached hydrogen (secondary N) is 1. The van der Waals surface area contributed by atoms with E-state index in [0.717, 1.165) is 23.6 Å². The summed E-state index contributed by atoms with van der Waals surface area (Å²) in [4.78, 5) is 2.51. The van der Waals surface area contributed by atoms with Gasteiger partial charge in [-0.25, -0.2) is 0 Å². The Hall–Kier alpha value is -1.65. The predicted octanol–water partition coefficient (Wildman–Crippen LogP) is 2.84. The molecule has 0 bridgehead atoms. The number of nitrogens with zero attached hydrogens (tertiary/aromatic N) is 2. The van der Waals surface area contributed by atoms with Gasteiger partial charge in [0.1, 0.15) is 5.69 Å². The summed E-state index contributed by atoms with van der Waals surface area (Å²) < 4.78 is 5.56. The zero-order valence-corrected chi connectivity index (χ0v) is 13.1. The second-order valence-corrected chi connectivity index (χ2v) is 6.93. The van der Waals surface area contributed by atoms with E-state index >= 15 is 0 Å². The van der Waals surface area contributed by atoms with Gasteiger partial charge in [0.05, 0.1) is 6.54 Å². The fourth-order valence-corrected chi connectivity index (χ4v) is 3.77. The number of hydrogen-bond acceptors (Lipinski definition) is 4. The van der Waals surface area contributed by atoms with Gasteiger partial charge in [-0.1, -0.05) is 35.0 Å². The van der Waals surface area contributed by atoms with Crippen LogP contribution >= 0.6 is 0 Å². The molecule has 116 valence electrons. The van der Waals surface area contributed by atoms with Gasteiger partial charge in [-0.15, -0.1) is 0 Å². The molecule has 0 saturated carbocycles. The molecule has 2 aromatic rings. The molecule has 1 unspecified atom stereocenters. The van der Waals surface area contributed by atoms with Crippen molar-refractivity contribution in [2.45, 2.75) is 26.3 Å². The first-order valence-corrected chi connectivity index (χ1v) is 8.18. The van der Waals surface area contributed by atoms with Crippen molar-refractivity contribution in [1.82, 2.24) is 15.4 Å². The van der Waals surface area contributed by atoms with E-state index in [4.69, 9.17) is 4.52 Å². The molecule has 4 heteroatoms. The predicted molar refractivity (Wildman–Crippen MR) is 86.5 cm³/mol. The lowest BCUT2D eigenvalue weighted by Crippen LogP contribution is -2.28. The van der Waals surface area contributed by atoms with Gasteiger partial charge in [-0.05, 0) is 38.3 Å². The number of hydrogen-bond donors (Lipinski definition) is 1. The highest BCUT2D eigenvalue weighted by Gasteiger charge is 2.40. The lowest BCUT2D eigenvalue weighted by molar-refractivity contribution is 0.240. The summed E-state index contributed by atoms with van der Waals surface area (Å²) in [6, 6.07) is 10.5. The molecule has 0 aliphatic carbocycles. The van der Waals surface area contributed by atoms with Crippen molar-refractivity contribution in [2.75, 3.05) is 26.2 Å². The third-order valence-corrected chi connectivity index (χ3v) is 5.14. The van der Waals surface area contributed by atoms with Gasteiger partial charge in [0.25, 0.3) is 0 Å². The smallest absolute Gasteiger partial charge is 0.151 e. The number of benzene rings is 1. The van der Waals surface area contributed by atoms with Crippen LogP contribution in [0.1, 0.15) is 24.2 Å². The number of likely N-dealkylation sites (tertiary alicyclic amines) is 1. The molecule has 0 radical (unpaired) electrons. The van der Waals surface area contributed by atoms with E-state index in [0.29, 0.717) is 5.41 Å². The Kier molecular flexibility index (Phi) is 3.51. The average Bonchev–Trinajstić information content (AvgIpc) is 3.24. The number of rotatable bonds is 3. The van der Waals surface area contributed by atoms with E-state index in [9.17, 15) is 0 Å². The summed E-state index contributed by atoms with van der Waals surface area (Å²) in [6.07, 6.45) is 2.62. The highest BCUT2D eigenvalue weighted by atomic mass is 16.5. The van der Waals surface area contributed by atoms with Crippen LogP contribution in [0.3, 0.4) is 0 Å². The Morgan fingerprint density at radius 1 is 1.27 bits per heavy atom. The lowest BCUT2D eigenvalue weighted by Gasteiger charge is -2.22. The third-order valence-electron chi connectivity index (χ3n) is 5.14. The zero-order valence-electron chi connectivity index (χ0n) is 13.1. The van der Waals surface area contributed by atoms with Gasteiger partial charge >= 0.3 is 0 Å². The fourth-order valence-electron chi connectivity index (χ4n) is 3.77. The summed E-state index contributed by atoms with van der Waals surface area (Å²) in [6.45, 7) is 7.67. The van der Waals surface area contributed by atoms with Crippen molar-refractivity contribution in [3.63, 3.8) is 0 Å². The van der Waals surface area contributed by atoms with Crippen LogP contribution in [-0.2, 0) is 6.54 Å². The molecule has 4 rings (SSSR count). The first-order valence-electron chi connectivity index (χ1n) is 8.18. The largest absolute Gasteiger partial charge is 0.359 e. The van der Waals surface area contributed by atoms with Crippen molar-refractivity contribution in [3.05, 3.63) is 41.7 Å². The van der Waals surface area contributed by atoms with Crippen LogP contribution in [0.5, 0.6) is 0 Å². The minimum absolute atomic E-state index is 0.514. The molecule has 1 aromatic heterocycles. The Morgan fingerprint density at radius 2 is 2.14 bits per heavy atom.